The van der Waals surface area contributed by atoms with E-state index in [1.165, 1.54) is 7.11 Å². The van der Waals surface area contributed by atoms with Crippen molar-refractivity contribution < 1.29 is 14.3 Å². The molecule has 0 saturated heterocycles. The summed E-state index contributed by atoms with van der Waals surface area (Å²) in [5, 5.41) is 3.52. The van der Waals surface area contributed by atoms with E-state index < -0.39 is 0 Å². The van der Waals surface area contributed by atoms with E-state index in [2.05, 4.69) is 42.9 Å². The van der Waals surface area contributed by atoms with Crippen molar-refractivity contribution in [1.82, 2.24) is 10.3 Å². The standard InChI is InChI=1S/C21H35N3O3/c1-7-24(19-13-22-12-18(15(19)2)20(25)26-6)17-10-8-16(9-11-17)23-14-27-21(3,4)5/h12-13,16-17,23H,7-11,14H2,1-6H3. The van der Waals surface area contributed by atoms with Crippen LogP contribution in [0.4, 0.5) is 5.69 Å². The average molecular weight is 378 g/mol. The molecule has 0 bridgehead atoms. The highest BCUT2D eigenvalue weighted by Crippen LogP contribution is 2.30. The maximum absolute atomic E-state index is 12.0. The van der Waals surface area contributed by atoms with E-state index >= 15 is 0 Å². The molecule has 6 nitrogen and oxygen atoms in total. The first kappa shape index (κ1) is 21.6. The molecule has 0 unspecified atom stereocenters. The van der Waals surface area contributed by atoms with Gasteiger partial charge in [-0.05, 0) is 65.9 Å². The minimum atomic E-state index is -0.329. The molecule has 1 aromatic heterocycles. The molecule has 0 aromatic carbocycles. The number of carbonyl (C=O) groups is 1. The molecule has 0 spiro atoms. The molecule has 1 heterocycles. The van der Waals surface area contributed by atoms with Crippen molar-refractivity contribution in [2.24, 2.45) is 0 Å². The van der Waals surface area contributed by atoms with Crippen LogP contribution >= 0.6 is 0 Å². The Balaban J connectivity index is 1.99. The molecule has 152 valence electrons. The summed E-state index contributed by atoms with van der Waals surface area (Å²) in [6.45, 7) is 11.8. The van der Waals surface area contributed by atoms with Crippen molar-refractivity contribution in [3.8, 4) is 0 Å². The minimum absolute atomic E-state index is 0.113. The number of hydrogen-bond donors (Lipinski definition) is 1. The summed E-state index contributed by atoms with van der Waals surface area (Å²) in [5.74, 6) is -0.329. The van der Waals surface area contributed by atoms with Gasteiger partial charge in [-0.25, -0.2) is 4.79 Å². The molecule has 6 heteroatoms. The monoisotopic (exact) mass is 377 g/mol. The first-order valence-corrected chi connectivity index (χ1v) is 9.93. The summed E-state index contributed by atoms with van der Waals surface area (Å²) in [7, 11) is 1.41. The maximum Gasteiger partial charge on any atom is 0.339 e. The van der Waals surface area contributed by atoms with Gasteiger partial charge in [0.25, 0.3) is 0 Å². The van der Waals surface area contributed by atoms with Gasteiger partial charge < -0.3 is 14.4 Å². The van der Waals surface area contributed by atoms with Crippen LogP contribution in [0.1, 0.15) is 69.3 Å². The summed E-state index contributed by atoms with van der Waals surface area (Å²) < 4.78 is 10.7. The molecule has 0 aliphatic heterocycles. The molecule has 1 aliphatic carbocycles. The van der Waals surface area contributed by atoms with Crippen LogP contribution in [0.5, 0.6) is 0 Å². The number of aromatic nitrogens is 1. The number of ether oxygens (including phenoxy) is 2. The molecular formula is C21H35N3O3. The summed E-state index contributed by atoms with van der Waals surface area (Å²) in [5.41, 5.74) is 2.41. The van der Waals surface area contributed by atoms with E-state index in [0.29, 0.717) is 24.4 Å². The summed E-state index contributed by atoms with van der Waals surface area (Å²) in [6, 6.07) is 0.966. The highest BCUT2D eigenvalue weighted by atomic mass is 16.5. The number of hydrogen-bond acceptors (Lipinski definition) is 6. The fourth-order valence-electron chi connectivity index (χ4n) is 3.71. The van der Waals surface area contributed by atoms with E-state index in [1.807, 2.05) is 13.1 Å². The molecule has 0 amide bonds. The van der Waals surface area contributed by atoms with E-state index in [9.17, 15) is 4.79 Å². The van der Waals surface area contributed by atoms with Crippen LogP contribution in [0.3, 0.4) is 0 Å². The number of carbonyl (C=O) groups excluding carboxylic acids is 1. The van der Waals surface area contributed by atoms with Crippen molar-refractivity contribution in [2.75, 3.05) is 25.3 Å². The van der Waals surface area contributed by atoms with E-state index in [1.54, 1.807) is 6.20 Å². The molecule has 0 radical (unpaired) electrons. The molecular weight excluding hydrogens is 342 g/mol. The molecule has 27 heavy (non-hydrogen) atoms. The third kappa shape index (κ3) is 5.91. The number of pyridine rings is 1. The zero-order chi connectivity index (χ0) is 20.0. The number of anilines is 1. The fraction of sp³-hybridized carbons (Fsp3) is 0.714. The van der Waals surface area contributed by atoms with Gasteiger partial charge in [-0.3, -0.25) is 10.3 Å². The number of esters is 1. The maximum atomic E-state index is 12.0. The molecule has 0 atom stereocenters. The van der Waals surface area contributed by atoms with Crippen LogP contribution in [0.2, 0.25) is 0 Å². The van der Waals surface area contributed by atoms with Crippen LogP contribution in [0, 0.1) is 6.92 Å². The predicted molar refractivity (Wildman–Crippen MR) is 108 cm³/mol. The van der Waals surface area contributed by atoms with Crippen molar-refractivity contribution in [3.05, 3.63) is 23.5 Å². The first-order valence-electron chi connectivity index (χ1n) is 9.93. The smallest absolute Gasteiger partial charge is 0.339 e. The molecule has 1 saturated carbocycles. The van der Waals surface area contributed by atoms with Gasteiger partial charge in [-0.2, -0.15) is 0 Å². The Morgan fingerprint density at radius 3 is 2.48 bits per heavy atom. The van der Waals surface area contributed by atoms with Gasteiger partial charge in [-0.1, -0.05) is 0 Å². The summed E-state index contributed by atoms with van der Waals surface area (Å²) in [4.78, 5) is 18.7. The zero-order valence-corrected chi connectivity index (χ0v) is 17.7. The van der Waals surface area contributed by atoms with Crippen LogP contribution in [0.25, 0.3) is 0 Å². The fourth-order valence-corrected chi connectivity index (χ4v) is 3.71. The van der Waals surface area contributed by atoms with Crippen LogP contribution in [-0.4, -0.2) is 49.0 Å². The van der Waals surface area contributed by atoms with Gasteiger partial charge in [0.1, 0.15) is 0 Å². The lowest BCUT2D eigenvalue weighted by atomic mass is 9.89. The van der Waals surface area contributed by atoms with Gasteiger partial charge in [0.2, 0.25) is 0 Å². The lowest BCUT2D eigenvalue weighted by molar-refractivity contribution is -0.0188. The largest absolute Gasteiger partial charge is 0.465 e. The van der Waals surface area contributed by atoms with Crippen LogP contribution in [0.15, 0.2) is 12.4 Å². The normalized spacial score (nSPS) is 20.4. The van der Waals surface area contributed by atoms with Crippen molar-refractivity contribution in [2.45, 2.75) is 78.0 Å². The molecule has 2 rings (SSSR count). The summed E-state index contributed by atoms with van der Waals surface area (Å²) >= 11 is 0. The van der Waals surface area contributed by atoms with Crippen LogP contribution < -0.4 is 10.2 Å². The van der Waals surface area contributed by atoms with Gasteiger partial charge in [0, 0.05) is 24.8 Å². The third-order valence-electron chi connectivity index (χ3n) is 5.26. The Bertz CT molecular complexity index is 620. The molecule has 1 N–H and O–H groups in total. The zero-order valence-electron chi connectivity index (χ0n) is 17.7. The lowest BCUT2D eigenvalue weighted by Crippen LogP contribution is -2.44. The number of methoxy groups -OCH3 is 1. The second-order valence-electron chi connectivity index (χ2n) is 8.22. The Morgan fingerprint density at radius 2 is 1.93 bits per heavy atom. The molecule has 1 fully saturated rings. The second-order valence-corrected chi connectivity index (χ2v) is 8.22. The molecule has 1 aromatic rings. The SMILES string of the molecule is CCN(c1cncc(C(=O)OC)c1C)C1CCC(NCOC(C)(C)C)CC1. The van der Waals surface area contributed by atoms with Gasteiger partial charge in [0.15, 0.2) is 0 Å². The number of nitrogens with zero attached hydrogens (tertiary/aromatic N) is 2. The highest BCUT2D eigenvalue weighted by molar-refractivity contribution is 5.92. The number of nitrogens with one attached hydrogen (secondary N) is 1. The molecule has 1 aliphatic rings. The van der Waals surface area contributed by atoms with Gasteiger partial charge in [-0.15, -0.1) is 0 Å². The Kier molecular flexibility index (Phi) is 7.62. The lowest BCUT2D eigenvalue weighted by Gasteiger charge is -2.39. The Hall–Kier alpha value is -1.66. The van der Waals surface area contributed by atoms with Gasteiger partial charge >= 0.3 is 5.97 Å². The summed E-state index contributed by atoms with van der Waals surface area (Å²) in [6.07, 6.45) is 7.93. The van der Waals surface area contributed by atoms with Crippen LogP contribution in [-0.2, 0) is 9.47 Å². The van der Waals surface area contributed by atoms with Crippen molar-refractivity contribution >= 4 is 11.7 Å². The topological polar surface area (TPSA) is 63.7 Å². The second kappa shape index (κ2) is 9.51. The van der Waals surface area contributed by atoms with E-state index in [0.717, 1.165) is 43.5 Å². The minimum Gasteiger partial charge on any atom is -0.465 e. The first-order chi connectivity index (χ1) is 12.8. The van der Waals surface area contributed by atoms with Crippen molar-refractivity contribution in [1.29, 1.82) is 0 Å². The van der Waals surface area contributed by atoms with E-state index in [4.69, 9.17) is 9.47 Å². The Morgan fingerprint density at radius 1 is 1.26 bits per heavy atom. The highest BCUT2D eigenvalue weighted by Gasteiger charge is 2.27. The Labute approximate surface area is 163 Å². The quantitative estimate of drug-likeness (QED) is 0.578. The van der Waals surface area contributed by atoms with E-state index in [-0.39, 0.29) is 11.6 Å². The predicted octanol–water partition coefficient (Wildman–Crippen LogP) is 3.68. The van der Waals surface area contributed by atoms with Crippen molar-refractivity contribution in [3.63, 3.8) is 0 Å². The van der Waals surface area contributed by atoms with Gasteiger partial charge in [0.05, 0.1) is 36.9 Å². The average Bonchev–Trinajstić information content (AvgIpc) is 2.63. The third-order valence-corrected chi connectivity index (χ3v) is 5.26. The number of rotatable bonds is 7.